The molecule has 1 aromatic carbocycles. The molecule has 1 aliphatic heterocycles. The van der Waals surface area contributed by atoms with Gasteiger partial charge in [0.1, 0.15) is 0 Å². The summed E-state index contributed by atoms with van der Waals surface area (Å²) in [4.78, 5) is 13.8. The monoisotopic (exact) mass is 337 g/mol. The van der Waals surface area contributed by atoms with Gasteiger partial charge in [0.2, 0.25) is 0 Å². The van der Waals surface area contributed by atoms with Gasteiger partial charge in [0.15, 0.2) is 0 Å². The fraction of sp³-hybridized carbons (Fsp3) is 0.429. The summed E-state index contributed by atoms with van der Waals surface area (Å²) in [5, 5.41) is 11.5. The van der Waals surface area contributed by atoms with E-state index in [-0.39, 0.29) is 19.1 Å². The molecular weight excluding hydrogens is 318 g/mol. The Morgan fingerprint density at radius 2 is 1.74 bits per heavy atom. The average Bonchev–Trinajstić information content (AvgIpc) is 2.55. The molecular formula is C14H19N5O3S. The van der Waals surface area contributed by atoms with Crippen LogP contribution in [-0.4, -0.2) is 68.2 Å². The lowest BCUT2D eigenvalue weighted by Gasteiger charge is -2.35. The summed E-state index contributed by atoms with van der Waals surface area (Å²) in [6.45, 7) is 1.19. The molecule has 1 saturated heterocycles. The molecule has 124 valence electrons. The van der Waals surface area contributed by atoms with Crippen LogP contribution in [0.2, 0.25) is 0 Å². The van der Waals surface area contributed by atoms with Crippen LogP contribution in [0, 0.1) is 11.3 Å². The molecule has 2 amide bonds. The Labute approximate surface area is 136 Å². The van der Waals surface area contributed by atoms with Crippen LogP contribution in [0.15, 0.2) is 24.3 Å². The van der Waals surface area contributed by atoms with Crippen molar-refractivity contribution in [2.45, 2.75) is 0 Å². The highest BCUT2D eigenvalue weighted by Crippen LogP contribution is 2.13. The zero-order valence-corrected chi connectivity index (χ0v) is 13.9. The van der Waals surface area contributed by atoms with E-state index in [1.165, 1.54) is 22.7 Å². The maximum absolute atomic E-state index is 12.2. The second-order valence-corrected chi connectivity index (χ2v) is 7.44. The Hall–Kier alpha value is -2.15. The first kappa shape index (κ1) is 17.2. The normalized spacial score (nSPS) is 16.2. The first-order chi connectivity index (χ1) is 10.8. The number of nitrogens with zero attached hydrogens (tertiary/aromatic N) is 4. The summed E-state index contributed by atoms with van der Waals surface area (Å²) >= 11 is 0. The molecule has 0 unspecified atom stereocenters. The van der Waals surface area contributed by atoms with Gasteiger partial charge in [-0.3, -0.25) is 0 Å². The lowest BCUT2D eigenvalue weighted by molar-refractivity contribution is 0.182. The number of hydrogen-bond donors (Lipinski definition) is 1. The summed E-state index contributed by atoms with van der Waals surface area (Å²) in [5.41, 5.74) is 1.11. The lowest BCUT2D eigenvalue weighted by Crippen LogP contribution is -2.53. The van der Waals surface area contributed by atoms with E-state index in [1.54, 1.807) is 29.2 Å². The van der Waals surface area contributed by atoms with Crippen molar-refractivity contribution in [3.8, 4) is 6.07 Å². The smallest absolute Gasteiger partial charge is 0.321 e. The Kier molecular flexibility index (Phi) is 5.20. The van der Waals surface area contributed by atoms with Gasteiger partial charge >= 0.3 is 6.03 Å². The second-order valence-electron chi connectivity index (χ2n) is 5.30. The van der Waals surface area contributed by atoms with E-state index < -0.39 is 10.2 Å². The minimum Gasteiger partial charge on any atom is -0.322 e. The standard InChI is InChI=1S/C14H19N5O3S/c1-17(2)23(21,22)19-9-7-18(8-10-19)14(20)16-13-5-3-12(11-15)4-6-13/h3-6H,7-10H2,1-2H3,(H,16,20). The van der Waals surface area contributed by atoms with Crippen LogP contribution in [0.1, 0.15) is 5.56 Å². The van der Waals surface area contributed by atoms with Gasteiger partial charge in [-0.1, -0.05) is 0 Å². The maximum atomic E-state index is 12.2. The molecule has 0 atom stereocenters. The van der Waals surface area contributed by atoms with Crippen LogP contribution < -0.4 is 5.32 Å². The Morgan fingerprint density at radius 3 is 2.22 bits per heavy atom. The molecule has 8 nitrogen and oxygen atoms in total. The average molecular weight is 337 g/mol. The third-order valence-corrected chi connectivity index (χ3v) is 5.52. The highest BCUT2D eigenvalue weighted by Gasteiger charge is 2.30. The zero-order valence-electron chi connectivity index (χ0n) is 13.1. The number of nitrogens with one attached hydrogen (secondary N) is 1. The van der Waals surface area contributed by atoms with E-state index in [0.29, 0.717) is 24.3 Å². The number of anilines is 1. The van der Waals surface area contributed by atoms with Crippen molar-refractivity contribution in [3.63, 3.8) is 0 Å². The van der Waals surface area contributed by atoms with Gasteiger partial charge in [-0.15, -0.1) is 0 Å². The number of carbonyl (C=O) groups excluding carboxylic acids is 1. The van der Waals surface area contributed by atoms with Crippen LogP contribution >= 0.6 is 0 Å². The number of amides is 2. The third kappa shape index (κ3) is 3.98. The van der Waals surface area contributed by atoms with Gasteiger partial charge in [0.05, 0.1) is 11.6 Å². The van der Waals surface area contributed by atoms with E-state index in [2.05, 4.69) is 5.32 Å². The molecule has 0 aromatic heterocycles. The topological polar surface area (TPSA) is 96.8 Å². The van der Waals surface area contributed by atoms with Crippen molar-refractivity contribution < 1.29 is 13.2 Å². The van der Waals surface area contributed by atoms with Crippen LogP contribution in [-0.2, 0) is 10.2 Å². The van der Waals surface area contributed by atoms with Crippen molar-refractivity contribution in [1.82, 2.24) is 13.5 Å². The number of urea groups is 1. The van der Waals surface area contributed by atoms with Gasteiger partial charge in [0, 0.05) is 46.0 Å². The molecule has 1 aliphatic rings. The molecule has 9 heteroatoms. The van der Waals surface area contributed by atoms with Gasteiger partial charge < -0.3 is 10.2 Å². The molecule has 1 N–H and O–H groups in total. The number of carbonyl (C=O) groups is 1. The van der Waals surface area contributed by atoms with Crippen LogP contribution in [0.25, 0.3) is 0 Å². The third-order valence-electron chi connectivity index (χ3n) is 3.58. The van der Waals surface area contributed by atoms with E-state index in [9.17, 15) is 13.2 Å². The summed E-state index contributed by atoms with van der Waals surface area (Å²) in [6.07, 6.45) is 0. The number of benzene rings is 1. The van der Waals surface area contributed by atoms with Gasteiger partial charge in [-0.2, -0.15) is 22.3 Å². The Balaban J connectivity index is 1.92. The molecule has 0 radical (unpaired) electrons. The molecule has 0 aliphatic carbocycles. The number of piperazine rings is 1. The Bertz CT molecular complexity index is 701. The zero-order chi connectivity index (χ0) is 17.0. The minimum atomic E-state index is -3.44. The molecule has 0 saturated carbocycles. The summed E-state index contributed by atoms with van der Waals surface area (Å²) in [6, 6.07) is 8.28. The highest BCUT2D eigenvalue weighted by molar-refractivity contribution is 7.86. The largest absolute Gasteiger partial charge is 0.322 e. The predicted molar refractivity (Wildman–Crippen MR) is 85.9 cm³/mol. The summed E-state index contributed by atoms with van der Waals surface area (Å²) < 4.78 is 26.6. The van der Waals surface area contributed by atoms with Crippen LogP contribution in [0.3, 0.4) is 0 Å². The van der Waals surface area contributed by atoms with Crippen molar-refractivity contribution >= 4 is 21.9 Å². The van der Waals surface area contributed by atoms with Crippen molar-refractivity contribution in [2.75, 3.05) is 45.6 Å². The SMILES string of the molecule is CN(C)S(=O)(=O)N1CCN(C(=O)Nc2ccc(C#N)cc2)CC1. The van der Waals surface area contributed by atoms with Crippen LogP contribution in [0.5, 0.6) is 0 Å². The number of rotatable bonds is 3. The van der Waals surface area contributed by atoms with Crippen molar-refractivity contribution in [1.29, 1.82) is 5.26 Å². The van der Waals surface area contributed by atoms with Crippen molar-refractivity contribution in [3.05, 3.63) is 29.8 Å². The summed E-state index contributed by atoms with van der Waals surface area (Å²) in [5.74, 6) is 0. The molecule has 1 heterocycles. The molecule has 0 spiro atoms. The first-order valence-corrected chi connectivity index (χ1v) is 8.48. The van der Waals surface area contributed by atoms with E-state index in [1.807, 2.05) is 6.07 Å². The second kappa shape index (κ2) is 6.95. The molecule has 23 heavy (non-hydrogen) atoms. The minimum absolute atomic E-state index is 0.265. The molecule has 2 rings (SSSR count). The predicted octanol–water partition coefficient (Wildman–Crippen LogP) is 0.514. The lowest BCUT2D eigenvalue weighted by atomic mass is 10.2. The fourth-order valence-electron chi connectivity index (χ4n) is 2.18. The highest BCUT2D eigenvalue weighted by atomic mass is 32.2. The van der Waals surface area contributed by atoms with E-state index >= 15 is 0 Å². The summed E-state index contributed by atoms with van der Waals surface area (Å²) in [7, 11) is -0.467. The van der Waals surface area contributed by atoms with Crippen LogP contribution in [0.4, 0.5) is 10.5 Å². The number of nitriles is 1. The van der Waals surface area contributed by atoms with Gasteiger partial charge in [-0.05, 0) is 24.3 Å². The van der Waals surface area contributed by atoms with Gasteiger partial charge in [0.25, 0.3) is 10.2 Å². The maximum Gasteiger partial charge on any atom is 0.321 e. The van der Waals surface area contributed by atoms with Crippen molar-refractivity contribution in [2.24, 2.45) is 0 Å². The first-order valence-electron chi connectivity index (χ1n) is 7.08. The fourth-order valence-corrected chi connectivity index (χ4v) is 3.27. The van der Waals surface area contributed by atoms with E-state index in [4.69, 9.17) is 5.26 Å². The number of hydrogen-bond acceptors (Lipinski definition) is 4. The van der Waals surface area contributed by atoms with Gasteiger partial charge in [-0.25, -0.2) is 4.79 Å². The molecule has 0 bridgehead atoms. The molecule has 1 aromatic rings. The Morgan fingerprint density at radius 1 is 1.17 bits per heavy atom. The molecule has 1 fully saturated rings. The quantitative estimate of drug-likeness (QED) is 0.869. The van der Waals surface area contributed by atoms with E-state index in [0.717, 1.165) is 0 Å².